The second kappa shape index (κ2) is 6.27. The second-order valence-corrected chi connectivity index (χ2v) is 6.52. The van der Waals surface area contributed by atoms with Crippen LogP contribution in [0.25, 0.3) is 11.3 Å². The van der Waals surface area contributed by atoms with Crippen LogP contribution in [0.2, 0.25) is 0 Å². The summed E-state index contributed by atoms with van der Waals surface area (Å²) in [6.07, 6.45) is 0.605. The van der Waals surface area contributed by atoms with Crippen LogP contribution in [-0.4, -0.2) is 5.38 Å². The van der Waals surface area contributed by atoms with Gasteiger partial charge in [-0.15, -0.1) is 11.6 Å². The van der Waals surface area contributed by atoms with Crippen LogP contribution in [0.1, 0.15) is 17.5 Å². The number of halogens is 3. The van der Waals surface area contributed by atoms with Crippen molar-refractivity contribution in [3.05, 3.63) is 82.2 Å². The number of benzene rings is 2. The van der Waals surface area contributed by atoms with Gasteiger partial charge >= 0.3 is 0 Å². The number of nitrogens with one attached hydrogen (secondary N) is 1. The standard InChI is InChI=1S/C18H14BrClFN/c1-11-15(20)10-13(12-6-3-2-4-7-12)18(22-11)17-14(19)8-5-9-16(17)21/h2-9,15,22H,1,10H2. The summed E-state index contributed by atoms with van der Waals surface area (Å²) in [5.74, 6) is -0.286. The molecule has 1 nitrogen and oxygen atoms in total. The highest BCUT2D eigenvalue weighted by Crippen LogP contribution is 2.39. The summed E-state index contributed by atoms with van der Waals surface area (Å²) < 4.78 is 15.1. The first-order valence-electron chi connectivity index (χ1n) is 6.90. The van der Waals surface area contributed by atoms with Gasteiger partial charge in [0.15, 0.2) is 0 Å². The lowest BCUT2D eigenvalue weighted by Gasteiger charge is -2.28. The first kappa shape index (κ1) is 15.3. The molecule has 1 unspecified atom stereocenters. The third-order valence-corrected chi connectivity index (χ3v) is 4.76. The van der Waals surface area contributed by atoms with Gasteiger partial charge in [-0.3, -0.25) is 0 Å². The van der Waals surface area contributed by atoms with Gasteiger partial charge in [0.05, 0.1) is 11.1 Å². The SMILES string of the molecule is C=C1NC(c2c(F)cccc2Br)=C(c2ccccc2)CC1Cl. The normalized spacial score (nSPS) is 18.3. The fourth-order valence-electron chi connectivity index (χ4n) is 2.57. The Morgan fingerprint density at radius 1 is 1.14 bits per heavy atom. The summed E-state index contributed by atoms with van der Waals surface area (Å²) in [5.41, 5.74) is 3.92. The number of allylic oxidation sites excluding steroid dienone is 2. The minimum atomic E-state index is -0.286. The van der Waals surface area contributed by atoms with Crippen molar-refractivity contribution in [2.45, 2.75) is 11.8 Å². The minimum absolute atomic E-state index is 0.218. The molecule has 112 valence electrons. The Bertz CT molecular complexity index is 735. The van der Waals surface area contributed by atoms with Crippen LogP contribution < -0.4 is 5.32 Å². The molecule has 1 aliphatic rings. The smallest absolute Gasteiger partial charge is 0.133 e. The Balaban J connectivity index is 2.24. The van der Waals surface area contributed by atoms with E-state index in [4.69, 9.17) is 11.6 Å². The maximum Gasteiger partial charge on any atom is 0.133 e. The Morgan fingerprint density at radius 2 is 1.86 bits per heavy atom. The van der Waals surface area contributed by atoms with Crippen LogP contribution in [0.5, 0.6) is 0 Å². The van der Waals surface area contributed by atoms with Crippen LogP contribution in [0.15, 0.2) is 65.3 Å². The zero-order valence-corrected chi connectivity index (χ0v) is 14.1. The number of hydrogen-bond acceptors (Lipinski definition) is 1. The van der Waals surface area contributed by atoms with E-state index in [-0.39, 0.29) is 11.2 Å². The van der Waals surface area contributed by atoms with E-state index < -0.39 is 0 Å². The largest absolute Gasteiger partial charge is 0.357 e. The fourth-order valence-corrected chi connectivity index (χ4v) is 3.32. The van der Waals surface area contributed by atoms with E-state index in [0.717, 1.165) is 16.8 Å². The average molecular weight is 379 g/mol. The molecule has 4 heteroatoms. The fraction of sp³-hybridized carbons (Fsp3) is 0.111. The van der Waals surface area contributed by atoms with E-state index in [1.807, 2.05) is 36.4 Å². The molecule has 0 saturated carbocycles. The van der Waals surface area contributed by atoms with Crippen molar-refractivity contribution < 1.29 is 4.39 Å². The lowest BCUT2D eigenvalue weighted by molar-refractivity contribution is 0.621. The van der Waals surface area contributed by atoms with Crippen LogP contribution in [-0.2, 0) is 0 Å². The quantitative estimate of drug-likeness (QED) is 0.674. The molecule has 22 heavy (non-hydrogen) atoms. The summed E-state index contributed by atoms with van der Waals surface area (Å²) in [4.78, 5) is 0. The first-order valence-corrected chi connectivity index (χ1v) is 8.13. The molecule has 0 amide bonds. The van der Waals surface area contributed by atoms with Crippen molar-refractivity contribution in [3.8, 4) is 0 Å². The minimum Gasteiger partial charge on any atom is -0.357 e. The molecule has 0 bridgehead atoms. The lowest BCUT2D eigenvalue weighted by atomic mass is 9.91. The zero-order valence-electron chi connectivity index (χ0n) is 11.7. The molecule has 2 aromatic rings. The molecule has 0 saturated heterocycles. The van der Waals surface area contributed by atoms with Crippen molar-refractivity contribution in [1.82, 2.24) is 5.32 Å². The molecule has 0 fully saturated rings. The van der Waals surface area contributed by atoms with Crippen molar-refractivity contribution >= 4 is 38.8 Å². The van der Waals surface area contributed by atoms with Crippen LogP contribution in [0.4, 0.5) is 4.39 Å². The first-order chi connectivity index (χ1) is 10.6. The predicted octanol–water partition coefficient (Wildman–Crippen LogP) is 5.57. The summed E-state index contributed by atoms with van der Waals surface area (Å²) in [5, 5.41) is 2.98. The summed E-state index contributed by atoms with van der Waals surface area (Å²) in [6.45, 7) is 3.94. The molecule has 0 spiro atoms. The Kier molecular flexibility index (Phi) is 4.37. The Labute approximate surface area is 142 Å². The molecular formula is C18H14BrClFN. The van der Waals surface area contributed by atoms with E-state index in [1.54, 1.807) is 6.07 Å². The van der Waals surface area contributed by atoms with Crippen LogP contribution >= 0.6 is 27.5 Å². The number of rotatable bonds is 2. The van der Waals surface area contributed by atoms with Gasteiger partial charge in [-0.25, -0.2) is 4.39 Å². The number of alkyl halides is 1. The summed E-state index contributed by atoms with van der Waals surface area (Å²) >= 11 is 9.78. The van der Waals surface area contributed by atoms with Gasteiger partial charge in [0.2, 0.25) is 0 Å². The highest BCUT2D eigenvalue weighted by Gasteiger charge is 2.26. The molecule has 3 rings (SSSR count). The Morgan fingerprint density at radius 3 is 2.55 bits per heavy atom. The molecule has 0 aliphatic carbocycles. The van der Waals surface area contributed by atoms with Gasteiger partial charge in [-0.1, -0.05) is 43.0 Å². The van der Waals surface area contributed by atoms with Crippen molar-refractivity contribution in [1.29, 1.82) is 0 Å². The molecule has 1 heterocycles. The van der Waals surface area contributed by atoms with Crippen molar-refractivity contribution in [2.75, 3.05) is 0 Å². The van der Waals surface area contributed by atoms with E-state index in [0.29, 0.717) is 22.2 Å². The maximum absolute atomic E-state index is 14.4. The van der Waals surface area contributed by atoms with Gasteiger partial charge in [0, 0.05) is 15.7 Å². The lowest BCUT2D eigenvalue weighted by Crippen LogP contribution is -2.26. The van der Waals surface area contributed by atoms with Gasteiger partial charge in [-0.2, -0.15) is 0 Å². The third-order valence-electron chi connectivity index (χ3n) is 3.68. The van der Waals surface area contributed by atoms with E-state index in [2.05, 4.69) is 27.8 Å². The van der Waals surface area contributed by atoms with Crippen LogP contribution in [0, 0.1) is 5.82 Å². The summed E-state index contributed by atoms with van der Waals surface area (Å²) in [7, 11) is 0. The van der Waals surface area contributed by atoms with Crippen molar-refractivity contribution in [2.24, 2.45) is 0 Å². The second-order valence-electron chi connectivity index (χ2n) is 5.14. The highest BCUT2D eigenvalue weighted by atomic mass is 79.9. The highest BCUT2D eigenvalue weighted by molar-refractivity contribution is 9.10. The van der Waals surface area contributed by atoms with Gasteiger partial charge in [0.1, 0.15) is 5.82 Å². The molecule has 0 radical (unpaired) electrons. The molecule has 2 aromatic carbocycles. The summed E-state index contributed by atoms with van der Waals surface area (Å²) in [6, 6.07) is 14.8. The molecule has 1 atom stereocenters. The predicted molar refractivity (Wildman–Crippen MR) is 93.9 cm³/mol. The van der Waals surface area contributed by atoms with Crippen molar-refractivity contribution in [3.63, 3.8) is 0 Å². The zero-order chi connectivity index (χ0) is 15.7. The topological polar surface area (TPSA) is 12.0 Å². The Hall–Kier alpha value is -1.58. The molecule has 1 aliphatic heterocycles. The maximum atomic E-state index is 14.4. The molecule has 0 aromatic heterocycles. The van der Waals surface area contributed by atoms with E-state index in [1.165, 1.54) is 6.07 Å². The average Bonchev–Trinajstić information content (AvgIpc) is 2.51. The monoisotopic (exact) mass is 377 g/mol. The number of hydrogen-bond donors (Lipinski definition) is 1. The third kappa shape index (κ3) is 2.83. The van der Waals surface area contributed by atoms with Gasteiger partial charge in [-0.05, 0) is 45.6 Å². The molecular weight excluding hydrogens is 365 g/mol. The van der Waals surface area contributed by atoms with E-state index >= 15 is 0 Å². The van der Waals surface area contributed by atoms with Crippen LogP contribution in [0.3, 0.4) is 0 Å². The van der Waals surface area contributed by atoms with E-state index in [9.17, 15) is 4.39 Å². The van der Waals surface area contributed by atoms with Gasteiger partial charge in [0.25, 0.3) is 0 Å². The van der Waals surface area contributed by atoms with Gasteiger partial charge < -0.3 is 5.32 Å². The molecule has 1 N–H and O–H groups in total.